The molecule has 0 radical (unpaired) electrons. The third-order valence-corrected chi connectivity index (χ3v) is 3.26. The number of morpholine rings is 1. The predicted molar refractivity (Wildman–Crippen MR) is 71.7 cm³/mol. The monoisotopic (exact) mass is 245 g/mol. The van der Waals surface area contributed by atoms with E-state index in [4.69, 9.17) is 10.00 Å². The van der Waals surface area contributed by atoms with Gasteiger partial charge in [-0.25, -0.2) is 0 Å². The van der Waals surface area contributed by atoms with Crippen molar-refractivity contribution < 1.29 is 4.74 Å². The number of hydrogen-bond donors (Lipinski definition) is 1. The van der Waals surface area contributed by atoms with Crippen LogP contribution in [0.2, 0.25) is 0 Å². The molecule has 1 aliphatic rings. The molecule has 0 aliphatic carbocycles. The summed E-state index contributed by atoms with van der Waals surface area (Å²) < 4.78 is 5.55. The number of nitrogens with zero attached hydrogens (tertiary/aromatic N) is 2. The minimum atomic E-state index is 0.389. The van der Waals surface area contributed by atoms with E-state index < -0.39 is 0 Å². The molecule has 0 spiro atoms. The van der Waals surface area contributed by atoms with E-state index >= 15 is 0 Å². The van der Waals surface area contributed by atoms with Gasteiger partial charge in [-0.3, -0.25) is 0 Å². The molecule has 1 unspecified atom stereocenters. The molecule has 1 fully saturated rings. The van der Waals surface area contributed by atoms with E-state index in [0.29, 0.717) is 11.6 Å². The second-order valence-corrected chi connectivity index (χ2v) is 4.48. The van der Waals surface area contributed by atoms with E-state index in [1.807, 2.05) is 25.2 Å². The van der Waals surface area contributed by atoms with Crippen LogP contribution < -0.4 is 10.2 Å². The van der Waals surface area contributed by atoms with Gasteiger partial charge < -0.3 is 15.0 Å². The third-order valence-electron chi connectivity index (χ3n) is 3.26. The zero-order valence-electron chi connectivity index (χ0n) is 10.7. The number of rotatable bonds is 4. The number of nitrogens with one attached hydrogen (secondary N) is 1. The normalized spacial score (nSPS) is 19.6. The molecule has 1 atom stereocenters. The van der Waals surface area contributed by atoms with Crippen LogP contribution in [0.15, 0.2) is 24.3 Å². The molecule has 4 nitrogen and oxygen atoms in total. The van der Waals surface area contributed by atoms with E-state index in [1.165, 1.54) is 0 Å². The first-order valence-electron chi connectivity index (χ1n) is 6.34. The lowest BCUT2D eigenvalue weighted by Gasteiger charge is -2.37. The van der Waals surface area contributed by atoms with Gasteiger partial charge in [-0.2, -0.15) is 5.26 Å². The first-order valence-corrected chi connectivity index (χ1v) is 6.34. The average Bonchev–Trinajstić information content (AvgIpc) is 2.45. The molecule has 1 N–H and O–H groups in total. The van der Waals surface area contributed by atoms with Gasteiger partial charge in [-0.1, -0.05) is 6.07 Å². The molecule has 1 saturated heterocycles. The maximum absolute atomic E-state index is 8.96. The topological polar surface area (TPSA) is 48.3 Å². The van der Waals surface area contributed by atoms with E-state index in [1.54, 1.807) is 0 Å². The van der Waals surface area contributed by atoms with Gasteiger partial charge in [0.05, 0.1) is 30.9 Å². The van der Waals surface area contributed by atoms with E-state index in [0.717, 1.165) is 38.4 Å². The molecule has 2 rings (SSSR count). The Morgan fingerprint density at radius 2 is 2.44 bits per heavy atom. The molecule has 1 aromatic carbocycles. The summed E-state index contributed by atoms with van der Waals surface area (Å²) in [6.07, 6.45) is 1.05. The Labute approximate surface area is 108 Å². The average molecular weight is 245 g/mol. The molecule has 1 aliphatic heterocycles. The van der Waals surface area contributed by atoms with E-state index in [9.17, 15) is 0 Å². The van der Waals surface area contributed by atoms with Crippen molar-refractivity contribution in [2.45, 2.75) is 12.5 Å². The number of anilines is 1. The van der Waals surface area contributed by atoms with Gasteiger partial charge in [0.1, 0.15) is 0 Å². The number of hydrogen-bond acceptors (Lipinski definition) is 4. The van der Waals surface area contributed by atoms with Crippen LogP contribution in [0.4, 0.5) is 5.69 Å². The first kappa shape index (κ1) is 12.9. The van der Waals surface area contributed by atoms with Crippen LogP contribution in [0.5, 0.6) is 0 Å². The predicted octanol–water partition coefficient (Wildman–Crippen LogP) is 1.37. The van der Waals surface area contributed by atoms with Crippen LogP contribution >= 0.6 is 0 Å². The van der Waals surface area contributed by atoms with Crippen molar-refractivity contribution in [3.63, 3.8) is 0 Å². The maximum Gasteiger partial charge on any atom is 0.0992 e. The standard InChI is InChI=1S/C14H19N3O/c1-16-6-5-14-11-18-8-7-17(14)13-4-2-3-12(9-13)10-15/h2-4,9,14,16H,5-8,11H2,1H3. The SMILES string of the molecule is CNCCC1COCCN1c1cccc(C#N)c1. The Hall–Kier alpha value is -1.57. The van der Waals surface area contributed by atoms with E-state index in [-0.39, 0.29) is 0 Å². The van der Waals surface area contributed by atoms with Gasteiger partial charge in [0.25, 0.3) is 0 Å². The smallest absolute Gasteiger partial charge is 0.0992 e. The molecule has 1 heterocycles. The molecular formula is C14H19N3O. The Kier molecular flexibility index (Phi) is 4.57. The zero-order chi connectivity index (χ0) is 12.8. The Morgan fingerprint density at radius 3 is 3.22 bits per heavy atom. The molecule has 0 bridgehead atoms. The van der Waals surface area contributed by atoms with Crippen LogP contribution in [-0.4, -0.2) is 39.4 Å². The van der Waals surface area contributed by atoms with Crippen LogP contribution in [0.25, 0.3) is 0 Å². The fourth-order valence-corrected chi connectivity index (χ4v) is 2.30. The number of ether oxygens (including phenoxy) is 1. The number of benzene rings is 1. The third kappa shape index (κ3) is 3.00. The van der Waals surface area contributed by atoms with Gasteiger partial charge in [0, 0.05) is 12.2 Å². The lowest BCUT2D eigenvalue weighted by atomic mass is 10.1. The van der Waals surface area contributed by atoms with Crippen LogP contribution in [0, 0.1) is 11.3 Å². The zero-order valence-corrected chi connectivity index (χ0v) is 10.7. The summed E-state index contributed by atoms with van der Waals surface area (Å²) >= 11 is 0. The highest BCUT2D eigenvalue weighted by Gasteiger charge is 2.22. The summed E-state index contributed by atoms with van der Waals surface area (Å²) in [6, 6.07) is 10.4. The molecule has 18 heavy (non-hydrogen) atoms. The Balaban J connectivity index is 2.14. The molecule has 0 amide bonds. The van der Waals surface area contributed by atoms with Gasteiger partial charge in [-0.15, -0.1) is 0 Å². The van der Waals surface area contributed by atoms with Crippen molar-refractivity contribution in [2.24, 2.45) is 0 Å². The quantitative estimate of drug-likeness (QED) is 0.870. The summed E-state index contributed by atoms with van der Waals surface area (Å²) in [5, 5.41) is 12.1. The fourth-order valence-electron chi connectivity index (χ4n) is 2.30. The Bertz CT molecular complexity index is 427. The summed E-state index contributed by atoms with van der Waals surface area (Å²) in [7, 11) is 1.96. The fraction of sp³-hybridized carbons (Fsp3) is 0.500. The van der Waals surface area contributed by atoms with Crippen molar-refractivity contribution in [3.8, 4) is 6.07 Å². The highest BCUT2D eigenvalue weighted by atomic mass is 16.5. The first-order chi connectivity index (χ1) is 8.85. The highest BCUT2D eigenvalue weighted by molar-refractivity contribution is 5.52. The minimum absolute atomic E-state index is 0.389. The molecular weight excluding hydrogens is 226 g/mol. The molecule has 4 heteroatoms. The van der Waals surface area contributed by atoms with Crippen molar-refractivity contribution in [3.05, 3.63) is 29.8 Å². The lowest BCUT2D eigenvalue weighted by molar-refractivity contribution is 0.0917. The second kappa shape index (κ2) is 6.39. The van der Waals surface area contributed by atoms with Crippen LogP contribution in [-0.2, 0) is 4.74 Å². The summed E-state index contributed by atoms with van der Waals surface area (Å²) in [5.74, 6) is 0. The second-order valence-electron chi connectivity index (χ2n) is 4.48. The largest absolute Gasteiger partial charge is 0.377 e. The number of nitriles is 1. The van der Waals surface area contributed by atoms with Gasteiger partial charge in [0.15, 0.2) is 0 Å². The van der Waals surface area contributed by atoms with Gasteiger partial charge >= 0.3 is 0 Å². The van der Waals surface area contributed by atoms with Crippen LogP contribution in [0.3, 0.4) is 0 Å². The van der Waals surface area contributed by atoms with Crippen LogP contribution in [0.1, 0.15) is 12.0 Å². The molecule has 0 aromatic heterocycles. The maximum atomic E-state index is 8.96. The van der Waals surface area contributed by atoms with Crippen molar-refractivity contribution in [2.75, 3.05) is 38.3 Å². The molecule has 1 aromatic rings. The van der Waals surface area contributed by atoms with Crippen molar-refractivity contribution >= 4 is 5.69 Å². The molecule has 96 valence electrons. The molecule has 0 saturated carbocycles. The van der Waals surface area contributed by atoms with Gasteiger partial charge in [0.2, 0.25) is 0 Å². The minimum Gasteiger partial charge on any atom is -0.377 e. The van der Waals surface area contributed by atoms with E-state index in [2.05, 4.69) is 22.4 Å². The van der Waals surface area contributed by atoms with Crippen molar-refractivity contribution in [1.29, 1.82) is 5.26 Å². The summed E-state index contributed by atoms with van der Waals surface area (Å²) in [5.41, 5.74) is 1.84. The van der Waals surface area contributed by atoms with Gasteiger partial charge in [-0.05, 0) is 38.2 Å². The highest BCUT2D eigenvalue weighted by Crippen LogP contribution is 2.22. The summed E-state index contributed by atoms with van der Waals surface area (Å²) in [6.45, 7) is 3.39. The summed E-state index contributed by atoms with van der Waals surface area (Å²) in [4.78, 5) is 2.35. The van der Waals surface area contributed by atoms with Crippen molar-refractivity contribution in [1.82, 2.24) is 5.32 Å². The lowest BCUT2D eigenvalue weighted by Crippen LogP contribution is -2.46. The Morgan fingerprint density at radius 1 is 1.56 bits per heavy atom.